The van der Waals surface area contributed by atoms with Crippen LogP contribution in [-0.2, 0) is 4.74 Å². The maximum Gasteiger partial charge on any atom is 0.0627 e. The Balaban J connectivity index is 3.29. The number of hydrogen-bond acceptors (Lipinski definition) is 2. The fourth-order valence-corrected chi connectivity index (χ4v) is 0.807. The van der Waals surface area contributed by atoms with Crippen molar-refractivity contribution in [1.29, 1.82) is 0 Å². The van der Waals surface area contributed by atoms with Gasteiger partial charge in [0.05, 0.1) is 6.61 Å². The number of alkyl halides is 1. The highest BCUT2D eigenvalue weighted by atomic mass is 35.5. The maximum absolute atomic E-state index is 5.61. The van der Waals surface area contributed by atoms with Crippen LogP contribution >= 0.6 is 11.6 Å². The number of ether oxygens (including phenoxy) is 1. The minimum absolute atomic E-state index is 0.240. The molecule has 0 amide bonds. The van der Waals surface area contributed by atoms with Gasteiger partial charge in [-0.05, 0) is 0 Å². The van der Waals surface area contributed by atoms with E-state index in [4.69, 9.17) is 16.3 Å². The number of halogens is 1. The molecule has 0 heterocycles. The molecule has 1 atom stereocenters. The molecular weight excluding hydrogens is 150 g/mol. The van der Waals surface area contributed by atoms with E-state index in [1.807, 2.05) is 0 Å². The number of methoxy groups -OCH3 is 1. The Morgan fingerprint density at radius 2 is 2.50 bits per heavy atom. The lowest BCUT2D eigenvalue weighted by Crippen LogP contribution is -2.34. The summed E-state index contributed by atoms with van der Waals surface area (Å²) in [7, 11) is 1.66. The summed E-state index contributed by atoms with van der Waals surface area (Å²) in [4.78, 5) is 0. The lowest BCUT2D eigenvalue weighted by atomic mass is 10.3. The minimum Gasteiger partial charge on any atom is -0.383 e. The molecule has 1 N–H and O–H groups in total. The van der Waals surface area contributed by atoms with E-state index in [0.717, 1.165) is 6.54 Å². The van der Waals surface area contributed by atoms with Crippen LogP contribution in [0.2, 0.25) is 0 Å². The average Bonchev–Trinajstić information content (AvgIpc) is 1.98. The molecule has 0 fully saturated rings. The summed E-state index contributed by atoms with van der Waals surface area (Å²) < 4.78 is 4.91. The fraction of sp³-hybridized carbons (Fsp3) is 0.714. The fourth-order valence-electron chi connectivity index (χ4n) is 0.609. The molecule has 0 aromatic heterocycles. The van der Waals surface area contributed by atoms with Crippen molar-refractivity contribution < 1.29 is 4.74 Å². The third-order valence-corrected chi connectivity index (χ3v) is 1.48. The van der Waals surface area contributed by atoms with Crippen LogP contribution in [0.5, 0.6) is 0 Å². The van der Waals surface area contributed by atoms with E-state index in [0.29, 0.717) is 12.5 Å². The zero-order valence-corrected chi connectivity index (χ0v) is 7.03. The molecule has 0 bridgehead atoms. The molecule has 0 aliphatic heterocycles. The molecule has 1 unspecified atom stereocenters. The Labute approximate surface area is 67.2 Å². The first-order valence-corrected chi connectivity index (χ1v) is 3.77. The van der Waals surface area contributed by atoms with Crippen molar-refractivity contribution in [1.82, 2.24) is 5.32 Å². The molecule has 0 saturated heterocycles. The summed E-state index contributed by atoms with van der Waals surface area (Å²) in [5, 5.41) is 3.15. The Hall–Kier alpha value is -0.0500. The van der Waals surface area contributed by atoms with E-state index in [1.54, 1.807) is 13.2 Å². The van der Waals surface area contributed by atoms with E-state index in [2.05, 4.69) is 11.9 Å². The van der Waals surface area contributed by atoms with Gasteiger partial charge in [-0.25, -0.2) is 0 Å². The van der Waals surface area contributed by atoms with Gasteiger partial charge < -0.3 is 10.1 Å². The molecule has 0 aromatic carbocycles. The van der Waals surface area contributed by atoms with Gasteiger partial charge in [-0.2, -0.15) is 0 Å². The SMILES string of the molecule is C=CCNC(CCl)COC. The van der Waals surface area contributed by atoms with Gasteiger partial charge in [0.1, 0.15) is 0 Å². The van der Waals surface area contributed by atoms with E-state index < -0.39 is 0 Å². The van der Waals surface area contributed by atoms with Gasteiger partial charge in [0.25, 0.3) is 0 Å². The molecule has 0 spiro atoms. The Bertz CT molecular complexity index is 87.7. The standard InChI is InChI=1S/C7H14ClNO/c1-3-4-9-7(5-8)6-10-2/h3,7,9H,1,4-6H2,2H3. The van der Waals surface area contributed by atoms with Crippen LogP contribution in [0.25, 0.3) is 0 Å². The number of nitrogens with one attached hydrogen (secondary N) is 1. The average molecular weight is 164 g/mol. The van der Waals surface area contributed by atoms with Gasteiger partial charge in [-0.3, -0.25) is 0 Å². The normalized spacial score (nSPS) is 13.0. The van der Waals surface area contributed by atoms with Crippen molar-refractivity contribution in [2.24, 2.45) is 0 Å². The van der Waals surface area contributed by atoms with Crippen LogP contribution < -0.4 is 5.32 Å². The first-order valence-electron chi connectivity index (χ1n) is 3.24. The Morgan fingerprint density at radius 3 is 2.90 bits per heavy atom. The Morgan fingerprint density at radius 1 is 1.80 bits per heavy atom. The number of rotatable bonds is 6. The first-order chi connectivity index (χ1) is 4.85. The zero-order chi connectivity index (χ0) is 7.82. The quantitative estimate of drug-likeness (QED) is 0.466. The topological polar surface area (TPSA) is 21.3 Å². The van der Waals surface area contributed by atoms with Crippen molar-refractivity contribution >= 4 is 11.6 Å². The third kappa shape index (κ3) is 4.79. The highest BCUT2D eigenvalue weighted by molar-refractivity contribution is 6.18. The highest BCUT2D eigenvalue weighted by Gasteiger charge is 2.02. The molecule has 0 rings (SSSR count). The summed E-state index contributed by atoms with van der Waals surface area (Å²) >= 11 is 5.61. The lowest BCUT2D eigenvalue weighted by Gasteiger charge is -2.12. The molecule has 0 aliphatic carbocycles. The van der Waals surface area contributed by atoms with Crippen molar-refractivity contribution in [3.63, 3.8) is 0 Å². The van der Waals surface area contributed by atoms with Crippen LogP contribution in [0.4, 0.5) is 0 Å². The first kappa shape index (κ1) is 9.95. The monoisotopic (exact) mass is 163 g/mol. The van der Waals surface area contributed by atoms with Gasteiger partial charge in [0, 0.05) is 25.6 Å². The minimum atomic E-state index is 0.240. The predicted octanol–water partition coefficient (Wildman–Crippen LogP) is 1.02. The zero-order valence-electron chi connectivity index (χ0n) is 6.27. The van der Waals surface area contributed by atoms with Gasteiger partial charge in [0.15, 0.2) is 0 Å². The van der Waals surface area contributed by atoms with E-state index >= 15 is 0 Å². The molecule has 2 nitrogen and oxygen atoms in total. The second-order valence-electron chi connectivity index (χ2n) is 2.00. The second-order valence-corrected chi connectivity index (χ2v) is 2.31. The van der Waals surface area contributed by atoms with Crippen LogP contribution in [0, 0.1) is 0 Å². The van der Waals surface area contributed by atoms with Crippen LogP contribution in [0.1, 0.15) is 0 Å². The lowest BCUT2D eigenvalue weighted by molar-refractivity contribution is 0.175. The van der Waals surface area contributed by atoms with Crippen molar-refractivity contribution in [2.75, 3.05) is 26.1 Å². The maximum atomic E-state index is 5.61. The molecule has 0 radical (unpaired) electrons. The van der Waals surface area contributed by atoms with Gasteiger partial charge in [-0.15, -0.1) is 18.2 Å². The smallest absolute Gasteiger partial charge is 0.0627 e. The highest BCUT2D eigenvalue weighted by Crippen LogP contribution is 1.88. The Kier molecular flexibility index (Phi) is 7.03. The number of hydrogen-bond donors (Lipinski definition) is 1. The predicted molar refractivity (Wildman–Crippen MR) is 44.6 cm³/mol. The summed E-state index contributed by atoms with van der Waals surface area (Å²) in [5.41, 5.74) is 0. The van der Waals surface area contributed by atoms with E-state index in [1.165, 1.54) is 0 Å². The summed E-state index contributed by atoms with van der Waals surface area (Å²) in [5.74, 6) is 0.571. The van der Waals surface area contributed by atoms with Crippen molar-refractivity contribution in [3.05, 3.63) is 12.7 Å². The van der Waals surface area contributed by atoms with Crippen molar-refractivity contribution in [2.45, 2.75) is 6.04 Å². The van der Waals surface area contributed by atoms with E-state index in [-0.39, 0.29) is 6.04 Å². The molecule has 3 heteroatoms. The van der Waals surface area contributed by atoms with Crippen molar-refractivity contribution in [3.8, 4) is 0 Å². The van der Waals surface area contributed by atoms with Gasteiger partial charge in [0.2, 0.25) is 0 Å². The molecule has 0 aliphatic rings. The van der Waals surface area contributed by atoms with Crippen LogP contribution in [-0.4, -0.2) is 32.2 Å². The second kappa shape index (κ2) is 7.06. The van der Waals surface area contributed by atoms with Crippen LogP contribution in [0.15, 0.2) is 12.7 Å². The molecule has 0 saturated carbocycles. The summed E-state index contributed by atoms with van der Waals surface area (Å²) in [6.45, 7) is 5.01. The largest absolute Gasteiger partial charge is 0.383 e. The summed E-state index contributed by atoms with van der Waals surface area (Å²) in [6.07, 6.45) is 1.80. The summed E-state index contributed by atoms with van der Waals surface area (Å²) in [6, 6.07) is 0.240. The molecule has 10 heavy (non-hydrogen) atoms. The van der Waals surface area contributed by atoms with E-state index in [9.17, 15) is 0 Å². The van der Waals surface area contributed by atoms with Gasteiger partial charge >= 0.3 is 0 Å². The third-order valence-electron chi connectivity index (χ3n) is 1.10. The van der Waals surface area contributed by atoms with Gasteiger partial charge in [-0.1, -0.05) is 6.08 Å². The molecule has 0 aromatic rings. The molecular formula is C7H14ClNO. The molecule has 60 valence electrons. The van der Waals surface area contributed by atoms with Crippen LogP contribution in [0.3, 0.4) is 0 Å².